The Kier molecular flexibility index (Phi) is 4.92. The lowest BCUT2D eigenvalue weighted by Crippen LogP contribution is -2.33. The highest BCUT2D eigenvalue weighted by molar-refractivity contribution is 5.93. The van der Waals surface area contributed by atoms with Gasteiger partial charge < -0.3 is 9.84 Å². The molecule has 136 valence electrons. The van der Waals surface area contributed by atoms with Gasteiger partial charge in [0.2, 0.25) is 5.89 Å². The molecule has 2 heterocycles. The molecule has 2 aromatic heterocycles. The largest absolute Gasteiger partial charge is 0.339 e. The van der Waals surface area contributed by atoms with E-state index in [2.05, 4.69) is 34.4 Å². The van der Waals surface area contributed by atoms with Crippen LogP contribution in [0.5, 0.6) is 0 Å². The Morgan fingerprint density at radius 2 is 2.08 bits per heavy atom. The van der Waals surface area contributed by atoms with Crippen molar-refractivity contribution in [3.05, 3.63) is 29.2 Å². The Bertz CT molecular complexity index is 742. The zero-order valence-electron chi connectivity index (χ0n) is 15.6. The van der Waals surface area contributed by atoms with Crippen LogP contribution >= 0.6 is 0 Å². The fraction of sp³-hybridized carbons (Fsp3) is 0.667. The summed E-state index contributed by atoms with van der Waals surface area (Å²) in [5.74, 6) is 1.92. The van der Waals surface area contributed by atoms with Crippen molar-refractivity contribution < 1.29 is 9.32 Å². The first-order valence-corrected chi connectivity index (χ1v) is 9.12. The van der Waals surface area contributed by atoms with E-state index in [9.17, 15) is 4.79 Å². The molecular weight excluding hydrogens is 318 g/mol. The molecule has 7 heteroatoms. The molecule has 0 saturated heterocycles. The van der Waals surface area contributed by atoms with E-state index in [1.165, 1.54) is 0 Å². The third-order valence-electron chi connectivity index (χ3n) is 4.54. The number of carbonyl (C=O) groups excluding carboxylic acids is 1. The number of nitrogens with one attached hydrogen (secondary N) is 1. The van der Waals surface area contributed by atoms with Gasteiger partial charge in [-0.1, -0.05) is 32.9 Å². The van der Waals surface area contributed by atoms with Gasteiger partial charge in [0.15, 0.2) is 5.82 Å². The van der Waals surface area contributed by atoms with Crippen LogP contribution in [0.3, 0.4) is 0 Å². The molecule has 0 aromatic carbocycles. The third-order valence-corrected chi connectivity index (χ3v) is 4.54. The molecule has 3 rings (SSSR count). The second-order valence-electron chi connectivity index (χ2n) is 7.39. The number of nitrogens with zero attached hydrogens (tertiary/aromatic N) is 4. The zero-order chi connectivity index (χ0) is 18.1. The van der Waals surface area contributed by atoms with Crippen LogP contribution in [0.4, 0.5) is 0 Å². The highest BCUT2D eigenvalue weighted by atomic mass is 16.5. The molecule has 0 unspecified atom stereocenters. The summed E-state index contributed by atoms with van der Waals surface area (Å²) in [6.07, 6.45) is 2.23. The lowest BCUT2D eigenvalue weighted by atomic mass is 10.0. The van der Waals surface area contributed by atoms with Crippen LogP contribution in [0, 0.1) is 5.92 Å². The molecule has 1 aliphatic carbocycles. The van der Waals surface area contributed by atoms with E-state index < -0.39 is 0 Å². The maximum atomic E-state index is 12.8. The van der Waals surface area contributed by atoms with Crippen LogP contribution in [0.1, 0.15) is 93.2 Å². The highest BCUT2D eigenvalue weighted by Gasteiger charge is 2.32. The lowest BCUT2D eigenvalue weighted by Gasteiger charge is -2.18. The van der Waals surface area contributed by atoms with Crippen molar-refractivity contribution in [2.75, 3.05) is 0 Å². The standard InChI is InChI=1S/C18H27N5O2/c1-6-23-14(9-13(21-23)10(2)3)17(24)19-15(11(4)5)18-20-16(22-25-18)12-7-8-12/h9-12,15H,6-8H2,1-5H3,(H,19,24)/t15-/m0/s1. The number of rotatable bonds is 7. The number of aromatic nitrogens is 4. The van der Waals surface area contributed by atoms with Gasteiger partial charge in [0.25, 0.3) is 5.91 Å². The van der Waals surface area contributed by atoms with Crippen LogP contribution in [0.2, 0.25) is 0 Å². The molecule has 1 N–H and O–H groups in total. The number of amides is 1. The van der Waals surface area contributed by atoms with Crippen molar-refractivity contribution in [2.24, 2.45) is 5.92 Å². The topological polar surface area (TPSA) is 85.8 Å². The Hall–Kier alpha value is -2.18. The molecular formula is C18H27N5O2. The first kappa shape index (κ1) is 17.6. The minimum Gasteiger partial charge on any atom is -0.339 e. The Balaban J connectivity index is 1.80. The van der Waals surface area contributed by atoms with Gasteiger partial charge in [-0.25, -0.2) is 0 Å². The monoisotopic (exact) mass is 345 g/mol. The van der Waals surface area contributed by atoms with E-state index >= 15 is 0 Å². The molecule has 7 nitrogen and oxygen atoms in total. The van der Waals surface area contributed by atoms with Gasteiger partial charge in [-0.05, 0) is 37.7 Å². The first-order valence-electron chi connectivity index (χ1n) is 9.12. The normalized spacial score (nSPS) is 15.8. The van der Waals surface area contributed by atoms with E-state index in [0.29, 0.717) is 24.0 Å². The van der Waals surface area contributed by atoms with E-state index in [1.807, 2.05) is 26.8 Å². The first-order chi connectivity index (χ1) is 11.9. The van der Waals surface area contributed by atoms with E-state index in [1.54, 1.807) is 4.68 Å². The molecule has 1 aliphatic rings. The average Bonchev–Trinajstić information content (AvgIpc) is 3.14. The van der Waals surface area contributed by atoms with E-state index in [-0.39, 0.29) is 23.8 Å². The summed E-state index contributed by atoms with van der Waals surface area (Å²) < 4.78 is 7.17. The van der Waals surface area contributed by atoms with Crippen LogP contribution in [-0.2, 0) is 6.54 Å². The van der Waals surface area contributed by atoms with Crippen molar-refractivity contribution in [1.29, 1.82) is 0 Å². The van der Waals surface area contributed by atoms with E-state index in [4.69, 9.17) is 4.52 Å². The van der Waals surface area contributed by atoms with Crippen LogP contribution in [0.25, 0.3) is 0 Å². The molecule has 1 amide bonds. The summed E-state index contributed by atoms with van der Waals surface area (Å²) >= 11 is 0. The van der Waals surface area contributed by atoms with Gasteiger partial charge in [0.1, 0.15) is 11.7 Å². The van der Waals surface area contributed by atoms with Crippen molar-refractivity contribution >= 4 is 5.91 Å². The Morgan fingerprint density at radius 1 is 1.36 bits per heavy atom. The molecule has 2 aromatic rings. The fourth-order valence-corrected chi connectivity index (χ4v) is 2.75. The maximum Gasteiger partial charge on any atom is 0.270 e. The van der Waals surface area contributed by atoms with E-state index in [0.717, 1.165) is 24.4 Å². The molecule has 0 bridgehead atoms. The van der Waals surface area contributed by atoms with Gasteiger partial charge in [-0.3, -0.25) is 9.48 Å². The average molecular weight is 345 g/mol. The van der Waals surface area contributed by atoms with Crippen LogP contribution in [0.15, 0.2) is 10.6 Å². The SMILES string of the molecule is CCn1nc(C(C)C)cc1C(=O)N[C@H](c1nc(C2CC2)no1)C(C)C. The summed E-state index contributed by atoms with van der Waals surface area (Å²) in [7, 11) is 0. The summed E-state index contributed by atoms with van der Waals surface area (Å²) in [5.41, 5.74) is 1.49. The van der Waals surface area contributed by atoms with Gasteiger partial charge >= 0.3 is 0 Å². The van der Waals surface area contributed by atoms with Crippen molar-refractivity contribution in [3.63, 3.8) is 0 Å². The fourth-order valence-electron chi connectivity index (χ4n) is 2.75. The minimum atomic E-state index is -0.310. The summed E-state index contributed by atoms with van der Waals surface area (Å²) in [6, 6.07) is 1.56. The molecule has 0 radical (unpaired) electrons. The third kappa shape index (κ3) is 3.75. The van der Waals surface area contributed by atoms with Crippen LogP contribution < -0.4 is 5.32 Å². The molecule has 0 aliphatic heterocycles. The van der Waals surface area contributed by atoms with Gasteiger partial charge in [0.05, 0.1) is 5.69 Å². The predicted molar refractivity (Wildman–Crippen MR) is 93.3 cm³/mol. The minimum absolute atomic E-state index is 0.138. The highest BCUT2D eigenvalue weighted by Crippen LogP contribution is 2.38. The molecule has 1 saturated carbocycles. The second kappa shape index (κ2) is 6.98. The smallest absolute Gasteiger partial charge is 0.270 e. The lowest BCUT2D eigenvalue weighted by molar-refractivity contribution is 0.0903. The number of aryl methyl sites for hydroxylation is 1. The number of hydrogen-bond donors (Lipinski definition) is 1. The Morgan fingerprint density at radius 3 is 2.64 bits per heavy atom. The quantitative estimate of drug-likeness (QED) is 0.831. The molecule has 25 heavy (non-hydrogen) atoms. The summed E-state index contributed by atoms with van der Waals surface area (Å²) in [5, 5.41) is 11.6. The van der Waals surface area contributed by atoms with Gasteiger partial charge in [-0.15, -0.1) is 0 Å². The Labute approximate surface area is 148 Å². The number of carbonyl (C=O) groups is 1. The summed E-state index contributed by atoms with van der Waals surface area (Å²) in [4.78, 5) is 17.3. The van der Waals surface area contributed by atoms with Gasteiger partial charge in [0, 0.05) is 12.5 Å². The van der Waals surface area contributed by atoms with Crippen molar-refractivity contribution in [1.82, 2.24) is 25.2 Å². The maximum absolute atomic E-state index is 12.8. The van der Waals surface area contributed by atoms with Crippen molar-refractivity contribution in [3.8, 4) is 0 Å². The second-order valence-corrected chi connectivity index (χ2v) is 7.39. The molecule has 1 fully saturated rings. The van der Waals surface area contributed by atoms with Gasteiger partial charge in [-0.2, -0.15) is 10.1 Å². The predicted octanol–water partition coefficient (Wildman–Crippen LogP) is 3.41. The summed E-state index contributed by atoms with van der Waals surface area (Å²) in [6.45, 7) is 10.8. The number of hydrogen-bond acceptors (Lipinski definition) is 5. The molecule has 0 spiro atoms. The van der Waals surface area contributed by atoms with Crippen molar-refractivity contribution in [2.45, 2.75) is 71.9 Å². The molecule has 1 atom stereocenters. The van der Waals surface area contributed by atoms with Crippen LogP contribution in [-0.4, -0.2) is 25.8 Å². The zero-order valence-corrected chi connectivity index (χ0v) is 15.6.